The van der Waals surface area contributed by atoms with Crippen LogP contribution in [0.3, 0.4) is 0 Å². The predicted molar refractivity (Wildman–Crippen MR) is 115 cm³/mol. The second kappa shape index (κ2) is 10.3. The standard InChI is InChI=1S/C20H24Cl2N2O4S/c1-4-24(13-20(25)23-14(3)15-6-8-16(21)9-7-15)29(26,27)17-10-11-19(28-5-2)18(22)12-17/h6-12,14H,4-5,13H2,1-3H3,(H,23,25). The number of nitrogens with one attached hydrogen (secondary N) is 1. The summed E-state index contributed by atoms with van der Waals surface area (Å²) in [5.74, 6) is 0.000561. The molecule has 2 aromatic rings. The Morgan fingerprint density at radius 3 is 2.34 bits per heavy atom. The lowest BCUT2D eigenvalue weighted by Gasteiger charge is -2.22. The molecule has 2 rings (SSSR count). The molecular formula is C20H24Cl2N2O4S. The molecule has 0 fully saturated rings. The van der Waals surface area contributed by atoms with Crippen LogP contribution < -0.4 is 10.1 Å². The van der Waals surface area contributed by atoms with E-state index < -0.39 is 15.9 Å². The summed E-state index contributed by atoms with van der Waals surface area (Å²) in [5, 5.41) is 3.61. The summed E-state index contributed by atoms with van der Waals surface area (Å²) in [7, 11) is -3.89. The lowest BCUT2D eigenvalue weighted by Crippen LogP contribution is -2.41. The normalized spacial score (nSPS) is 12.6. The van der Waals surface area contributed by atoms with Gasteiger partial charge in [0, 0.05) is 11.6 Å². The maximum Gasteiger partial charge on any atom is 0.243 e. The van der Waals surface area contributed by atoms with Gasteiger partial charge >= 0.3 is 0 Å². The average molecular weight is 459 g/mol. The molecule has 0 aliphatic rings. The fourth-order valence-corrected chi connectivity index (χ4v) is 4.57. The third-order valence-corrected chi connectivity index (χ3v) is 6.73. The number of sulfonamides is 1. The Morgan fingerprint density at radius 2 is 1.79 bits per heavy atom. The number of likely N-dealkylation sites (N-methyl/N-ethyl adjacent to an activating group) is 1. The van der Waals surface area contributed by atoms with Crippen molar-refractivity contribution in [2.75, 3.05) is 19.7 Å². The van der Waals surface area contributed by atoms with Crippen molar-refractivity contribution in [3.63, 3.8) is 0 Å². The van der Waals surface area contributed by atoms with Crippen LogP contribution in [0.4, 0.5) is 0 Å². The maximum absolute atomic E-state index is 12.9. The van der Waals surface area contributed by atoms with Gasteiger partial charge in [0.2, 0.25) is 15.9 Å². The highest BCUT2D eigenvalue weighted by molar-refractivity contribution is 7.89. The van der Waals surface area contributed by atoms with Crippen molar-refractivity contribution < 1.29 is 17.9 Å². The number of benzene rings is 2. The van der Waals surface area contributed by atoms with E-state index in [4.69, 9.17) is 27.9 Å². The predicted octanol–water partition coefficient (Wildman–Crippen LogP) is 4.28. The Hall–Kier alpha value is -1.80. The van der Waals surface area contributed by atoms with Crippen molar-refractivity contribution >= 4 is 39.1 Å². The summed E-state index contributed by atoms with van der Waals surface area (Å²) < 4.78 is 32.3. The zero-order valence-corrected chi connectivity index (χ0v) is 18.8. The molecule has 0 aliphatic heterocycles. The largest absolute Gasteiger partial charge is 0.492 e. The molecule has 6 nitrogen and oxygen atoms in total. The smallest absolute Gasteiger partial charge is 0.243 e. The molecule has 1 N–H and O–H groups in total. The minimum atomic E-state index is -3.89. The van der Waals surface area contributed by atoms with Crippen LogP contribution in [-0.2, 0) is 14.8 Å². The van der Waals surface area contributed by atoms with E-state index in [2.05, 4.69) is 5.32 Å². The van der Waals surface area contributed by atoms with Crippen molar-refractivity contribution in [1.29, 1.82) is 0 Å². The summed E-state index contributed by atoms with van der Waals surface area (Å²) in [6.07, 6.45) is 0. The van der Waals surface area contributed by atoms with Crippen LogP contribution in [0.2, 0.25) is 10.0 Å². The molecule has 1 atom stereocenters. The fraction of sp³-hybridized carbons (Fsp3) is 0.350. The van der Waals surface area contributed by atoms with Gasteiger partial charge in [0.05, 0.1) is 29.1 Å². The molecule has 0 aromatic heterocycles. The van der Waals surface area contributed by atoms with Gasteiger partial charge in [0.25, 0.3) is 0 Å². The van der Waals surface area contributed by atoms with Crippen LogP contribution >= 0.6 is 23.2 Å². The van der Waals surface area contributed by atoms with E-state index >= 15 is 0 Å². The first-order chi connectivity index (χ1) is 13.7. The van der Waals surface area contributed by atoms with Crippen LogP contribution in [-0.4, -0.2) is 38.3 Å². The molecule has 0 saturated carbocycles. The first-order valence-corrected chi connectivity index (χ1v) is 11.4. The lowest BCUT2D eigenvalue weighted by atomic mass is 10.1. The van der Waals surface area contributed by atoms with Gasteiger partial charge in [0.15, 0.2) is 0 Å². The van der Waals surface area contributed by atoms with E-state index in [1.807, 2.05) is 26.0 Å². The highest BCUT2D eigenvalue weighted by atomic mass is 35.5. The zero-order valence-electron chi connectivity index (χ0n) is 16.5. The molecule has 0 radical (unpaired) electrons. The van der Waals surface area contributed by atoms with Gasteiger partial charge in [-0.15, -0.1) is 0 Å². The Morgan fingerprint density at radius 1 is 1.14 bits per heavy atom. The van der Waals surface area contributed by atoms with Gasteiger partial charge in [-0.2, -0.15) is 4.31 Å². The number of hydrogen-bond donors (Lipinski definition) is 1. The summed E-state index contributed by atoms with van der Waals surface area (Å²) in [6.45, 7) is 5.54. The molecule has 158 valence electrons. The number of rotatable bonds is 9. The molecule has 0 aliphatic carbocycles. The van der Waals surface area contributed by atoms with Crippen LogP contribution in [0.15, 0.2) is 47.4 Å². The molecule has 0 heterocycles. The van der Waals surface area contributed by atoms with E-state index in [0.717, 1.165) is 9.87 Å². The number of carbonyl (C=O) groups excluding carboxylic acids is 1. The summed E-state index contributed by atoms with van der Waals surface area (Å²) in [4.78, 5) is 12.5. The molecular weight excluding hydrogens is 435 g/mol. The topological polar surface area (TPSA) is 75.7 Å². The van der Waals surface area contributed by atoms with Gasteiger partial charge < -0.3 is 10.1 Å². The third kappa shape index (κ3) is 6.09. The Kier molecular flexibility index (Phi) is 8.34. The van der Waals surface area contributed by atoms with E-state index in [1.54, 1.807) is 19.1 Å². The van der Waals surface area contributed by atoms with Crippen molar-refractivity contribution in [2.24, 2.45) is 0 Å². The number of hydrogen-bond acceptors (Lipinski definition) is 4. The second-order valence-corrected chi connectivity index (χ2v) is 9.08. The van der Waals surface area contributed by atoms with Crippen molar-refractivity contribution in [2.45, 2.75) is 31.7 Å². The molecule has 0 spiro atoms. The van der Waals surface area contributed by atoms with E-state index in [0.29, 0.717) is 17.4 Å². The highest BCUT2D eigenvalue weighted by Gasteiger charge is 2.26. The van der Waals surface area contributed by atoms with Crippen molar-refractivity contribution in [3.8, 4) is 5.75 Å². The quantitative estimate of drug-likeness (QED) is 0.608. The highest BCUT2D eigenvalue weighted by Crippen LogP contribution is 2.28. The molecule has 9 heteroatoms. The molecule has 0 saturated heterocycles. The SMILES string of the molecule is CCOc1ccc(S(=O)(=O)N(CC)CC(=O)NC(C)c2ccc(Cl)cc2)cc1Cl. The first kappa shape index (κ1) is 23.5. The molecule has 29 heavy (non-hydrogen) atoms. The minimum Gasteiger partial charge on any atom is -0.492 e. The number of nitrogens with zero attached hydrogens (tertiary/aromatic N) is 1. The lowest BCUT2D eigenvalue weighted by molar-refractivity contribution is -0.121. The molecule has 0 bridgehead atoms. The van der Waals surface area contributed by atoms with Crippen molar-refractivity contribution in [1.82, 2.24) is 9.62 Å². The van der Waals surface area contributed by atoms with Gasteiger partial charge in [-0.05, 0) is 49.7 Å². The summed E-state index contributed by atoms with van der Waals surface area (Å²) >= 11 is 12.0. The van der Waals surface area contributed by atoms with Gasteiger partial charge in [0.1, 0.15) is 5.75 Å². The van der Waals surface area contributed by atoms with Crippen molar-refractivity contribution in [3.05, 3.63) is 58.1 Å². The van der Waals surface area contributed by atoms with Crippen LogP contribution in [0, 0.1) is 0 Å². The maximum atomic E-state index is 12.9. The zero-order chi connectivity index (χ0) is 21.6. The Balaban J connectivity index is 2.12. The summed E-state index contributed by atoms with van der Waals surface area (Å²) in [6, 6.07) is 11.1. The van der Waals surface area contributed by atoms with Crippen LogP contribution in [0.1, 0.15) is 32.4 Å². The molecule has 2 aromatic carbocycles. The number of ether oxygens (including phenoxy) is 1. The number of halogens is 2. The summed E-state index contributed by atoms with van der Waals surface area (Å²) in [5.41, 5.74) is 0.868. The van der Waals surface area contributed by atoms with E-state index in [-0.39, 0.29) is 29.0 Å². The van der Waals surface area contributed by atoms with E-state index in [1.165, 1.54) is 18.2 Å². The van der Waals surface area contributed by atoms with Gasteiger partial charge in [-0.25, -0.2) is 8.42 Å². The van der Waals surface area contributed by atoms with Gasteiger partial charge in [-0.3, -0.25) is 4.79 Å². The fourth-order valence-electron chi connectivity index (χ4n) is 2.71. The monoisotopic (exact) mass is 458 g/mol. The van der Waals surface area contributed by atoms with Crippen LogP contribution in [0.5, 0.6) is 5.75 Å². The first-order valence-electron chi connectivity index (χ1n) is 9.16. The number of carbonyl (C=O) groups is 1. The molecule has 1 amide bonds. The molecule has 1 unspecified atom stereocenters. The second-order valence-electron chi connectivity index (χ2n) is 6.30. The van der Waals surface area contributed by atoms with Gasteiger partial charge in [-0.1, -0.05) is 42.3 Å². The van der Waals surface area contributed by atoms with E-state index in [9.17, 15) is 13.2 Å². The Labute approximate surface area is 181 Å². The minimum absolute atomic E-state index is 0.00588. The average Bonchev–Trinajstić information content (AvgIpc) is 2.68. The van der Waals surface area contributed by atoms with Crippen LogP contribution in [0.25, 0.3) is 0 Å². The third-order valence-electron chi connectivity index (χ3n) is 4.26. The Bertz CT molecular complexity index is 949. The number of amides is 1.